The second-order valence-electron chi connectivity index (χ2n) is 17.4. The van der Waals surface area contributed by atoms with Crippen molar-refractivity contribution >= 4 is 64.0 Å². The lowest BCUT2D eigenvalue weighted by molar-refractivity contribution is -0.136. The van der Waals surface area contributed by atoms with Crippen LogP contribution >= 0.6 is 11.6 Å². The van der Waals surface area contributed by atoms with Crippen LogP contribution in [0, 0.1) is 17.9 Å². The summed E-state index contributed by atoms with van der Waals surface area (Å²) in [6, 6.07) is 10.4. The number of fused-ring (bicyclic) bond motifs is 1. The highest BCUT2D eigenvalue weighted by atomic mass is 35.5. The van der Waals surface area contributed by atoms with Gasteiger partial charge in [0.15, 0.2) is 0 Å². The van der Waals surface area contributed by atoms with Crippen LogP contribution in [0.25, 0.3) is 4.85 Å². The summed E-state index contributed by atoms with van der Waals surface area (Å²) in [6.07, 6.45) is 8.64. The number of carbonyl (C=O) groups is 5. The van der Waals surface area contributed by atoms with Gasteiger partial charge in [-0.25, -0.2) is 14.8 Å². The number of piperidine rings is 3. The van der Waals surface area contributed by atoms with Crippen molar-refractivity contribution in [1.82, 2.24) is 30.0 Å². The highest BCUT2D eigenvalue weighted by Gasteiger charge is 2.46. The summed E-state index contributed by atoms with van der Waals surface area (Å²) >= 11 is 6.38. The molecule has 312 valence electrons. The fourth-order valence-electron chi connectivity index (χ4n) is 10.3. The molecule has 1 aromatic heterocycles. The summed E-state index contributed by atoms with van der Waals surface area (Å²) in [5.74, 6) is -0.782. The average molecular weight is 833 g/mol. The summed E-state index contributed by atoms with van der Waals surface area (Å²) < 4.78 is 0. The molecule has 15 nitrogen and oxygen atoms in total. The molecule has 5 fully saturated rings. The smallest absolute Gasteiger partial charge is 0.274 e. The van der Waals surface area contributed by atoms with E-state index in [2.05, 4.69) is 41.7 Å². The topological polar surface area (TPSA) is 147 Å². The zero-order valence-electron chi connectivity index (χ0n) is 33.8. The number of rotatable bonds is 7. The van der Waals surface area contributed by atoms with Crippen LogP contribution in [0.2, 0.25) is 5.02 Å². The highest BCUT2D eigenvalue weighted by Crippen LogP contribution is 2.46. The SMILES string of the molecule is [C-]#[N+]c1ccc(N2CC3(CCN(c4cnc(C(=O)N5CCC(CN6CCN(c7ccc8c(c7)C(=O)N(C7CCC(=O)NC7=O)C8=O)CC6)CC5)cn4)CC3)C[C@@H]2C)cc1Cl. The van der Waals surface area contributed by atoms with Gasteiger partial charge in [0.25, 0.3) is 17.7 Å². The molecule has 3 aromatic rings. The molecule has 9 rings (SSSR count). The Bertz CT molecular complexity index is 2260. The third-order valence-corrected chi connectivity index (χ3v) is 14.0. The first-order valence-electron chi connectivity index (χ1n) is 21.1. The number of amides is 5. The van der Waals surface area contributed by atoms with Crippen LogP contribution in [0.5, 0.6) is 0 Å². The van der Waals surface area contributed by atoms with Gasteiger partial charge in [-0.05, 0) is 87.1 Å². The molecule has 1 spiro atoms. The van der Waals surface area contributed by atoms with Gasteiger partial charge in [-0.1, -0.05) is 17.7 Å². The van der Waals surface area contributed by atoms with Crippen molar-refractivity contribution < 1.29 is 24.0 Å². The van der Waals surface area contributed by atoms with E-state index < -0.39 is 29.7 Å². The van der Waals surface area contributed by atoms with Crippen molar-refractivity contribution in [2.45, 2.75) is 64.0 Å². The number of benzene rings is 2. The molecule has 16 heteroatoms. The molecule has 5 amide bonds. The minimum absolute atomic E-state index is 0.0713. The summed E-state index contributed by atoms with van der Waals surface area (Å²) in [5.41, 5.74) is 3.60. The van der Waals surface area contributed by atoms with E-state index in [-0.39, 0.29) is 29.7 Å². The summed E-state index contributed by atoms with van der Waals surface area (Å²) in [5, 5.41) is 2.74. The van der Waals surface area contributed by atoms with E-state index in [0.29, 0.717) is 47.0 Å². The molecule has 0 radical (unpaired) electrons. The molecule has 1 N–H and O–H groups in total. The standard InChI is InChI=1S/C44H49ClN10O5/c1-28-23-44(27-54(28)31-4-6-35(46-2)34(45)22-31)11-15-52(16-12-44)38-25-47-36(24-48-38)43(60)53-13-9-29(10-14-53)26-50-17-19-51(20-18-50)30-3-5-32-33(21-30)42(59)55(41(32)58)37-7-8-39(56)49-40(37)57/h3-6,21-22,24-25,28-29,37H,7-20,23,26-27H2,1H3,(H,49,56,57)/t28-,37?/m0/s1. The van der Waals surface area contributed by atoms with Gasteiger partial charge in [-0.2, -0.15) is 0 Å². The number of hydrogen-bond acceptors (Lipinski definition) is 11. The number of piperazine rings is 1. The molecular formula is C44H49ClN10O5. The quantitative estimate of drug-likeness (QED) is 0.263. The van der Waals surface area contributed by atoms with E-state index in [1.165, 1.54) is 0 Å². The van der Waals surface area contributed by atoms with Gasteiger partial charge in [-0.15, -0.1) is 0 Å². The van der Waals surface area contributed by atoms with Crippen LogP contribution in [-0.2, 0) is 9.59 Å². The minimum Gasteiger partial charge on any atom is -0.369 e. The van der Waals surface area contributed by atoms with Gasteiger partial charge in [0.05, 0.1) is 30.1 Å². The predicted octanol–water partition coefficient (Wildman–Crippen LogP) is 4.64. The number of likely N-dealkylation sites (tertiary alicyclic amines) is 1. The number of hydrogen-bond donors (Lipinski definition) is 1. The Balaban J connectivity index is 0.717. The number of carbonyl (C=O) groups excluding carboxylic acids is 5. The van der Waals surface area contributed by atoms with Gasteiger partial charge >= 0.3 is 0 Å². The Hall–Kier alpha value is -5.59. The van der Waals surface area contributed by atoms with Crippen LogP contribution in [0.1, 0.15) is 83.1 Å². The molecule has 0 aliphatic carbocycles. The van der Waals surface area contributed by atoms with Gasteiger partial charge < -0.3 is 19.6 Å². The van der Waals surface area contributed by atoms with E-state index in [4.69, 9.17) is 23.2 Å². The molecule has 7 heterocycles. The Kier molecular flexibility index (Phi) is 10.7. The molecule has 6 aliphatic heterocycles. The number of nitrogens with zero attached hydrogens (tertiary/aromatic N) is 9. The van der Waals surface area contributed by atoms with E-state index in [0.717, 1.165) is 107 Å². The van der Waals surface area contributed by atoms with Crippen molar-refractivity contribution in [3.8, 4) is 0 Å². The minimum atomic E-state index is -0.980. The molecule has 0 bridgehead atoms. The fourth-order valence-corrected chi connectivity index (χ4v) is 10.5. The lowest BCUT2D eigenvalue weighted by atomic mass is 9.77. The van der Waals surface area contributed by atoms with E-state index in [1.807, 2.05) is 29.2 Å². The van der Waals surface area contributed by atoms with Crippen LogP contribution < -0.4 is 20.0 Å². The van der Waals surface area contributed by atoms with Crippen LogP contribution in [0.3, 0.4) is 0 Å². The third-order valence-electron chi connectivity index (χ3n) is 13.7. The monoisotopic (exact) mass is 832 g/mol. The summed E-state index contributed by atoms with van der Waals surface area (Å²) in [4.78, 5) is 89.1. The van der Waals surface area contributed by atoms with Crippen LogP contribution in [0.15, 0.2) is 48.8 Å². The number of halogens is 1. The lowest BCUT2D eigenvalue weighted by Gasteiger charge is -2.40. The van der Waals surface area contributed by atoms with Crippen molar-refractivity contribution in [1.29, 1.82) is 0 Å². The highest BCUT2D eigenvalue weighted by molar-refractivity contribution is 6.33. The predicted molar refractivity (Wildman–Crippen MR) is 225 cm³/mol. The van der Waals surface area contributed by atoms with Gasteiger partial charge in [-0.3, -0.25) is 39.1 Å². The van der Waals surface area contributed by atoms with E-state index >= 15 is 0 Å². The average Bonchev–Trinajstić information content (AvgIpc) is 3.71. The second-order valence-corrected chi connectivity index (χ2v) is 17.8. The number of anilines is 3. The first kappa shape index (κ1) is 39.8. The van der Waals surface area contributed by atoms with Crippen LogP contribution in [0.4, 0.5) is 22.9 Å². The maximum atomic E-state index is 13.5. The number of imide groups is 2. The van der Waals surface area contributed by atoms with Gasteiger partial charge in [0.1, 0.15) is 17.6 Å². The Labute approximate surface area is 354 Å². The first-order chi connectivity index (χ1) is 29.0. The number of nitrogens with one attached hydrogen (secondary N) is 1. The van der Waals surface area contributed by atoms with E-state index in [9.17, 15) is 24.0 Å². The fraction of sp³-hybridized carbons (Fsp3) is 0.500. The third kappa shape index (κ3) is 7.55. The molecule has 2 atom stereocenters. The largest absolute Gasteiger partial charge is 0.369 e. The van der Waals surface area contributed by atoms with Gasteiger partial charge in [0, 0.05) is 94.3 Å². The normalized spacial score (nSPS) is 23.6. The molecular weight excluding hydrogens is 784 g/mol. The Morgan fingerprint density at radius 2 is 1.60 bits per heavy atom. The maximum Gasteiger partial charge on any atom is 0.274 e. The zero-order valence-corrected chi connectivity index (χ0v) is 34.6. The van der Waals surface area contributed by atoms with Gasteiger partial charge in [0.2, 0.25) is 17.5 Å². The van der Waals surface area contributed by atoms with Crippen molar-refractivity contribution in [3.05, 3.63) is 82.1 Å². The molecule has 0 saturated carbocycles. The van der Waals surface area contributed by atoms with E-state index in [1.54, 1.807) is 24.5 Å². The Morgan fingerprint density at radius 3 is 2.28 bits per heavy atom. The molecule has 1 unspecified atom stereocenters. The summed E-state index contributed by atoms with van der Waals surface area (Å²) in [6.45, 7) is 17.9. The Morgan fingerprint density at radius 1 is 0.867 bits per heavy atom. The van der Waals surface area contributed by atoms with Crippen LogP contribution in [-0.4, -0.2) is 132 Å². The molecule has 60 heavy (non-hydrogen) atoms. The maximum absolute atomic E-state index is 13.5. The summed E-state index contributed by atoms with van der Waals surface area (Å²) in [7, 11) is 0. The molecule has 2 aromatic carbocycles. The molecule has 5 saturated heterocycles. The molecule has 6 aliphatic rings. The lowest BCUT2D eigenvalue weighted by Crippen LogP contribution is -2.54. The van der Waals surface area contributed by atoms with Crippen molar-refractivity contribution in [2.75, 3.05) is 80.1 Å². The van der Waals surface area contributed by atoms with Crippen molar-refractivity contribution in [2.24, 2.45) is 11.3 Å². The number of aromatic nitrogens is 2. The first-order valence-corrected chi connectivity index (χ1v) is 21.5. The van der Waals surface area contributed by atoms with Crippen molar-refractivity contribution in [3.63, 3.8) is 0 Å². The zero-order chi connectivity index (χ0) is 41.7. The second kappa shape index (κ2) is 16.1.